The van der Waals surface area contributed by atoms with Crippen LogP contribution in [0.2, 0.25) is 0 Å². The van der Waals surface area contributed by atoms with Gasteiger partial charge in [-0.15, -0.1) is 10.2 Å². The summed E-state index contributed by atoms with van der Waals surface area (Å²) in [6.07, 6.45) is 5.33. The van der Waals surface area contributed by atoms with E-state index in [-0.39, 0.29) is 0 Å². The Morgan fingerprint density at radius 3 is 3.05 bits per heavy atom. The molecule has 0 bridgehead atoms. The number of aromatic nitrogens is 2. The largest absolute Gasteiger partial charge is 0.459 e. The summed E-state index contributed by atoms with van der Waals surface area (Å²) in [5.74, 6) is 3.08. The Balaban J connectivity index is 1.43. The molecule has 0 aromatic carbocycles. The third-order valence-electron chi connectivity index (χ3n) is 4.79. The van der Waals surface area contributed by atoms with Gasteiger partial charge in [0.2, 0.25) is 5.89 Å². The summed E-state index contributed by atoms with van der Waals surface area (Å²) < 4.78 is 10.9. The van der Waals surface area contributed by atoms with Crippen molar-refractivity contribution in [3.63, 3.8) is 0 Å². The van der Waals surface area contributed by atoms with Crippen molar-refractivity contribution < 1.29 is 8.83 Å². The van der Waals surface area contributed by atoms with E-state index in [2.05, 4.69) is 15.1 Å². The lowest BCUT2D eigenvalue weighted by molar-refractivity contribution is 0.257. The van der Waals surface area contributed by atoms with E-state index in [1.165, 1.54) is 12.8 Å². The quantitative estimate of drug-likeness (QED) is 0.928. The van der Waals surface area contributed by atoms with Crippen molar-refractivity contribution in [2.24, 2.45) is 17.6 Å². The van der Waals surface area contributed by atoms with E-state index in [0.29, 0.717) is 36.0 Å². The zero-order valence-corrected chi connectivity index (χ0v) is 11.9. The van der Waals surface area contributed by atoms with Crippen LogP contribution in [-0.2, 0) is 6.54 Å². The highest BCUT2D eigenvalue weighted by molar-refractivity contribution is 5.42. The number of nitrogens with two attached hydrogens (primary N) is 1. The molecule has 2 N–H and O–H groups in total. The van der Waals surface area contributed by atoms with E-state index in [9.17, 15) is 0 Å². The SMILES string of the molecule is NC1CCCC2CN(Cc3nnc(-c4ccco4)o3)CC12. The van der Waals surface area contributed by atoms with Gasteiger partial charge in [-0.1, -0.05) is 6.42 Å². The average Bonchev–Trinajstić information content (AvgIpc) is 3.18. The maximum Gasteiger partial charge on any atom is 0.283 e. The van der Waals surface area contributed by atoms with Crippen LogP contribution < -0.4 is 5.73 Å². The van der Waals surface area contributed by atoms with Gasteiger partial charge in [0.05, 0.1) is 12.8 Å². The number of rotatable bonds is 3. The molecule has 6 nitrogen and oxygen atoms in total. The Bertz CT molecular complexity index is 595. The number of hydrogen-bond acceptors (Lipinski definition) is 6. The van der Waals surface area contributed by atoms with Crippen LogP contribution in [0, 0.1) is 11.8 Å². The molecule has 2 aromatic rings. The van der Waals surface area contributed by atoms with Crippen LogP contribution in [0.5, 0.6) is 0 Å². The van der Waals surface area contributed by atoms with Crippen LogP contribution in [-0.4, -0.2) is 34.2 Å². The molecule has 2 aliphatic rings. The number of nitrogens with zero attached hydrogens (tertiary/aromatic N) is 3. The Morgan fingerprint density at radius 2 is 2.24 bits per heavy atom. The predicted octanol–water partition coefficient (Wildman–Crippen LogP) is 1.89. The Hall–Kier alpha value is -1.66. The molecule has 1 aliphatic heterocycles. The second-order valence-electron chi connectivity index (χ2n) is 6.19. The van der Waals surface area contributed by atoms with Crippen LogP contribution in [0.15, 0.2) is 27.2 Å². The number of hydrogen-bond donors (Lipinski definition) is 1. The highest BCUT2D eigenvalue weighted by Crippen LogP contribution is 2.36. The van der Waals surface area contributed by atoms with Gasteiger partial charge in [-0.2, -0.15) is 0 Å². The summed E-state index contributed by atoms with van der Waals surface area (Å²) >= 11 is 0. The van der Waals surface area contributed by atoms with E-state index >= 15 is 0 Å². The first-order valence-electron chi connectivity index (χ1n) is 7.64. The first kappa shape index (κ1) is 13.0. The first-order valence-corrected chi connectivity index (χ1v) is 7.64. The molecule has 1 saturated heterocycles. The minimum absolute atomic E-state index is 0.357. The van der Waals surface area contributed by atoms with Crippen molar-refractivity contribution in [2.45, 2.75) is 31.8 Å². The van der Waals surface area contributed by atoms with Crippen LogP contribution in [0.1, 0.15) is 25.2 Å². The number of likely N-dealkylation sites (tertiary alicyclic amines) is 1. The van der Waals surface area contributed by atoms with Gasteiger partial charge in [0.25, 0.3) is 5.89 Å². The van der Waals surface area contributed by atoms with E-state index in [0.717, 1.165) is 25.4 Å². The summed E-state index contributed by atoms with van der Waals surface area (Å²) in [5.41, 5.74) is 6.25. The molecule has 3 atom stereocenters. The van der Waals surface area contributed by atoms with Crippen molar-refractivity contribution in [3.8, 4) is 11.7 Å². The lowest BCUT2D eigenvalue weighted by Crippen LogP contribution is -2.38. The Labute approximate surface area is 123 Å². The van der Waals surface area contributed by atoms with Gasteiger partial charge in [-0.05, 0) is 36.8 Å². The van der Waals surface area contributed by atoms with Gasteiger partial charge in [-0.25, -0.2) is 0 Å². The molecule has 3 heterocycles. The molecular weight excluding hydrogens is 268 g/mol. The van der Waals surface area contributed by atoms with Crippen molar-refractivity contribution in [3.05, 3.63) is 24.3 Å². The smallest absolute Gasteiger partial charge is 0.283 e. The minimum Gasteiger partial charge on any atom is -0.459 e. The summed E-state index contributed by atoms with van der Waals surface area (Å²) in [5, 5.41) is 8.17. The number of fused-ring (bicyclic) bond motifs is 1. The molecule has 1 aliphatic carbocycles. The number of furan rings is 1. The fourth-order valence-corrected chi connectivity index (χ4v) is 3.75. The molecular formula is C15H20N4O2. The molecule has 6 heteroatoms. The van der Waals surface area contributed by atoms with Gasteiger partial charge in [0.1, 0.15) is 0 Å². The predicted molar refractivity (Wildman–Crippen MR) is 76.1 cm³/mol. The molecule has 1 saturated carbocycles. The summed E-state index contributed by atoms with van der Waals surface area (Å²) in [7, 11) is 0. The van der Waals surface area contributed by atoms with Gasteiger partial charge >= 0.3 is 0 Å². The van der Waals surface area contributed by atoms with Gasteiger partial charge in [0.15, 0.2) is 5.76 Å². The molecule has 0 spiro atoms. The normalized spacial score (nSPS) is 29.7. The molecule has 2 aromatic heterocycles. The van der Waals surface area contributed by atoms with Crippen molar-refractivity contribution in [1.29, 1.82) is 0 Å². The molecule has 2 fully saturated rings. The van der Waals surface area contributed by atoms with Crippen molar-refractivity contribution >= 4 is 0 Å². The maximum absolute atomic E-state index is 6.25. The van der Waals surface area contributed by atoms with Crippen LogP contribution in [0.4, 0.5) is 0 Å². The highest BCUT2D eigenvalue weighted by Gasteiger charge is 2.38. The second kappa shape index (κ2) is 5.27. The fraction of sp³-hybridized carbons (Fsp3) is 0.600. The average molecular weight is 288 g/mol. The second-order valence-corrected chi connectivity index (χ2v) is 6.19. The summed E-state index contributed by atoms with van der Waals surface area (Å²) in [6, 6.07) is 3.99. The van der Waals surface area contributed by atoms with Crippen LogP contribution in [0.25, 0.3) is 11.7 Å². The van der Waals surface area contributed by atoms with Gasteiger partial charge in [0, 0.05) is 19.1 Å². The Kier molecular flexibility index (Phi) is 3.27. The fourth-order valence-electron chi connectivity index (χ4n) is 3.75. The van der Waals surface area contributed by atoms with E-state index in [4.69, 9.17) is 14.6 Å². The minimum atomic E-state index is 0.357. The monoisotopic (exact) mass is 288 g/mol. The molecule has 0 radical (unpaired) electrons. The van der Waals surface area contributed by atoms with E-state index in [1.54, 1.807) is 6.26 Å². The summed E-state index contributed by atoms with van der Waals surface area (Å²) in [4.78, 5) is 2.39. The zero-order valence-electron chi connectivity index (χ0n) is 11.9. The molecule has 112 valence electrons. The molecule has 0 amide bonds. The Morgan fingerprint density at radius 1 is 1.29 bits per heavy atom. The van der Waals surface area contributed by atoms with Crippen molar-refractivity contribution in [1.82, 2.24) is 15.1 Å². The maximum atomic E-state index is 6.25. The topological polar surface area (TPSA) is 81.3 Å². The lowest BCUT2D eigenvalue weighted by atomic mass is 9.78. The molecule has 3 unspecified atom stereocenters. The van der Waals surface area contributed by atoms with E-state index in [1.807, 2.05) is 12.1 Å². The highest BCUT2D eigenvalue weighted by atomic mass is 16.4. The lowest BCUT2D eigenvalue weighted by Gasteiger charge is -2.29. The van der Waals surface area contributed by atoms with Crippen LogP contribution in [0.3, 0.4) is 0 Å². The standard InChI is InChI=1S/C15H20N4O2/c16-12-4-1-3-10-7-19(8-11(10)12)9-14-17-18-15(21-14)13-5-2-6-20-13/h2,5-6,10-12H,1,3-4,7-9,16H2. The molecule has 21 heavy (non-hydrogen) atoms. The third kappa shape index (κ3) is 2.49. The third-order valence-corrected chi connectivity index (χ3v) is 4.79. The van der Waals surface area contributed by atoms with E-state index < -0.39 is 0 Å². The van der Waals surface area contributed by atoms with Crippen LogP contribution >= 0.6 is 0 Å². The zero-order chi connectivity index (χ0) is 14.2. The summed E-state index contributed by atoms with van der Waals surface area (Å²) in [6.45, 7) is 2.84. The van der Waals surface area contributed by atoms with Crippen molar-refractivity contribution in [2.75, 3.05) is 13.1 Å². The first-order chi connectivity index (χ1) is 10.3. The van der Waals surface area contributed by atoms with Gasteiger partial charge < -0.3 is 14.6 Å². The van der Waals surface area contributed by atoms with Gasteiger partial charge in [-0.3, -0.25) is 4.90 Å². The molecule has 4 rings (SSSR count).